The lowest BCUT2D eigenvalue weighted by atomic mass is 10.2. The highest BCUT2D eigenvalue weighted by molar-refractivity contribution is 7.89. The zero-order valence-electron chi connectivity index (χ0n) is 12.7. The molecule has 116 valence electrons. The number of aryl methyl sites for hydroxylation is 2. The second-order valence-corrected chi connectivity index (χ2v) is 8.23. The molecule has 1 saturated carbocycles. The molecule has 1 aliphatic heterocycles. The van der Waals surface area contributed by atoms with Gasteiger partial charge in [-0.2, -0.15) is 4.31 Å². The van der Waals surface area contributed by atoms with Crippen LogP contribution in [-0.4, -0.2) is 38.5 Å². The molecule has 0 aromatic heterocycles. The van der Waals surface area contributed by atoms with Crippen LogP contribution in [0.5, 0.6) is 0 Å². The van der Waals surface area contributed by atoms with Crippen LogP contribution < -0.4 is 0 Å². The number of hydrogen-bond donors (Lipinski definition) is 0. The van der Waals surface area contributed by atoms with Gasteiger partial charge in [0.1, 0.15) is 0 Å². The number of benzene rings is 1. The third kappa shape index (κ3) is 3.30. The van der Waals surface area contributed by atoms with Gasteiger partial charge in [-0.15, -0.1) is 0 Å². The molecule has 2 fully saturated rings. The second kappa shape index (κ2) is 5.71. The molecule has 1 heterocycles. The van der Waals surface area contributed by atoms with Gasteiger partial charge in [-0.05, 0) is 56.2 Å². The summed E-state index contributed by atoms with van der Waals surface area (Å²) in [6.45, 7) is 5.61. The molecule has 0 radical (unpaired) electrons. The van der Waals surface area contributed by atoms with Crippen LogP contribution in [0, 0.1) is 19.8 Å². The summed E-state index contributed by atoms with van der Waals surface area (Å²) in [5, 5.41) is 0. The number of sulfonamides is 1. The Kier molecular flexibility index (Phi) is 4.08. The Morgan fingerprint density at radius 2 is 2.00 bits per heavy atom. The van der Waals surface area contributed by atoms with Crippen LogP contribution in [-0.2, 0) is 14.8 Å². The van der Waals surface area contributed by atoms with Gasteiger partial charge in [0.2, 0.25) is 10.0 Å². The van der Waals surface area contributed by atoms with Gasteiger partial charge in [-0.25, -0.2) is 8.42 Å². The first kappa shape index (κ1) is 15.0. The summed E-state index contributed by atoms with van der Waals surface area (Å²) in [6.07, 6.45) is 3.39. The standard InChI is InChI=1S/C16H23NO3S/c1-12-3-4-13(2)16(9-12)21(18,19)17-8-7-15(10-17)20-11-14-5-6-14/h3-4,9,14-15H,5-8,10-11H2,1-2H3/t15-/m0/s1. The maximum absolute atomic E-state index is 12.8. The fourth-order valence-electron chi connectivity index (χ4n) is 2.73. The van der Waals surface area contributed by atoms with Crippen LogP contribution in [0.2, 0.25) is 0 Å². The number of ether oxygens (including phenoxy) is 1. The van der Waals surface area contributed by atoms with Crippen molar-refractivity contribution in [3.63, 3.8) is 0 Å². The van der Waals surface area contributed by atoms with Crippen LogP contribution in [0.1, 0.15) is 30.4 Å². The Bertz CT molecular complexity index is 622. The maximum Gasteiger partial charge on any atom is 0.243 e. The fourth-order valence-corrected chi connectivity index (χ4v) is 4.53. The van der Waals surface area contributed by atoms with Crippen molar-refractivity contribution in [3.05, 3.63) is 29.3 Å². The minimum absolute atomic E-state index is 0.0606. The summed E-state index contributed by atoms with van der Waals surface area (Å²) in [7, 11) is -3.39. The fraction of sp³-hybridized carbons (Fsp3) is 0.625. The SMILES string of the molecule is Cc1ccc(C)c(S(=O)(=O)N2CC[C@H](OCC3CC3)C2)c1. The minimum atomic E-state index is -3.39. The zero-order valence-corrected chi connectivity index (χ0v) is 13.5. The molecular formula is C16H23NO3S. The molecule has 1 aromatic rings. The van der Waals surface area contributed by atoms with Crippen molar-refractivity contribution in [3.8, 4) is 0 Å². The predicted octanol–water partition coefficient (Wildman–Crippen LogP) is 2.49. The summed E-state index contributed by atoms with van der Waals surface area (Å²) in [4.78, 5) is 0.436. The Morgan fingerprint density at radius 3 is 2.71 bits per heavy atom. The third-order valence-electron chi connectivity index (χ3n) is 4.33. The van der Waals surface area contributed by atoms with Crippen molar-refractivity contribution in [2.24, 2.45) is 5.92 Å². The molecule has 1 aliphatic carbocycles. The van der Waals surface area contributed by atoms with Crippen LogP contribution in [0.4, 0.5) is 0 Å². The van der Waals surface area contributed by atoms with E-state index >= 15 is 0 Å². The van der Waals surface area contributed by atoms with E-state index in [0.29, 0.717) is 18.0 Å². The average molecular weight is 309 g/mol. The lowest BCUT2D eigenvalue weighted by Gasteiger charge is -2.18. The molecule has 0 N–H and O–H groups in total. The van der Waals surface area contributed by atoms with Crippen molar-refractivity contribution in [1.29, 1.82) is 0 Å². The van der Waals surface area contributed by atoms with E-state index in [1.54, 1.807) is 10.4 Å². The van der Waals surface area contributed by atoms with Gasteiger partial charge in [0.15, 0.2) is 0 Å². The molecule has 5 heteroatoms. The van der Waals surface area contributed by atoms with Gasteiger partial charge in [0.25, 0.3) is 0 Å². The van der Waals surface area contributed by atoms with Crippen LogP contribution in [0.25, 0.3) is 0 Å². The Hall–Kier alpha value is -0.910. The Balaban J connectivity index is 1.71. The van der Waals surface area contributed by atoms with Gasteiger partial charge in [-0.3, -0.25) is 0 Å². The third-order valence-corrected chi connectivity index (χ3v) is 6.34. The van der Waals surface area contributed by atoms with Crippen molar-refractivity contribution in [2.45, 2.75) is 44.1 Å². The predicted molar refractivity (Wildman–Crippen MR) is 81.8 cm³/mol. The molecule has 0 unspecified atom stereocenters. The monoisotopic (exact) mass is 309 g/mol. The molecule has 1 atom stereocenters. The zero-order chi connectivity index (χ0) is 15.0. The van der Waals surface area contributed by atoms with E-state index in [-0.39, 0.29) is 6.10 Å². The molecule has 2 aliphatic rings. The molecular weight excluding hydrogens is 286 g/mol. The van der Waals surface area contributed by atoms with Gasteiger partial charge < -0.3 is 4.74 Å². The molecule has 21 heavy (non-hydrogen) atoms. The number of rotatable bonds is 5. The highest BCUT2D eigenvalue weighted by Crippen LogP contribution is 2.31. The lowest BCUT2D eigenvalue weighted by Crippen LogP contribution is -2.31. The molecule has 4 nitrogen and oxygen atoms in total. The minimum Gasteiger partial charge on any atom is -0.377 e. The first-order valence-corrected chi connectivity index (χ1v) is 9.10. The van der Waals surface area contributed by atoms with Crippen molar-refractivity contribution < 1.29 is 13.2 Å². The molecule has 0 spiro atoms. The normalized spacial score (nSPS) is 23.6. The topological polar surface area (TPSA) is 46.6 Å². The van der Waals surface area contributed by atoms with Gasteiger partial charge in [0, 0.05) is 19.7 Å². The van der Waals surface area contributed by atoms with Gasteiger partial charge in [-0.1, -0.05) is 12.1 Å². The smallest absolute Gasteiger partial charge is 0.243 e. The lowest BCUT2D eigenvalue weighted by molar-refractivity contribution is 0.0561. The van der Waals surface area contributed by atoms with Crippen molar-refractivity contribution in [2.75, 3.05) is 19.7 Å². The van der Waals surface area contributed by atoms with Crippen LogP contribution >= 0.6 is 0 Å². The molecule has 0 bridgehead atoms. The summed E-state index contributed by atoms with van der Waals surface area (Å²) in [5.74, 6) is 0.717. The highest BCUT2D eigenvalue weighted by atomic mass is 32.2. The van der Waals surface area contributed by atoms with E-state index in [1.807, 2.05) is 26.0 Å². The van der Waals surface area contributed by atoms with E-state index < -0.39 is 10.0 Å². The van der Waals surface area contributed by atoms with Crippen LogP contribution in [0.3, 0.4) is 0 Å². The molecule has 1 saturated heterocycles. The maximum atomic E-state index is 12.8. The summed E-state index contributed by atoms with van der Waals surface area (Å²) in [6, 6.07) is 5.59. The second-order valence-electron chi connectivity index (χ2n) is 6.32. The molecule has 1 aromatic carbocycles. The quantitative estimate of drug-likeness (QED) is 0.839. The summed E-state index contributed by atoms with van der Waals surface area (Å²) >= 11 is 0. The van der Waals surface area contributed by atoms with E-state index in [0.717, 1.165) is 30.1 Å². The number of hydrogen-bond acceptors (Lipinski definition) is 3. The largest absolute Gasteiger partial charge is 0.377 e. The van der Waals surface area contributed by atoms with E-state index in [2.05, 4.69) is 0 Å². The average Bonchev–Trinajstić information content (AvgIpc) is 3.15. The van der Waals surface area contributed by atoms with E-state index in [9.17, 15) is 8.42 Å². The first-order valence-electron chi connectivity index (χ1n) is 7.66. The Labute approximate surface area is 127 Å². The van der Waals surface area contributed by atoms with Gasteiger partial charge in [0.05, 0.1) is 11.0 Å². The van der Waals surface area contributed by atoms with Gasteiger partial charge >= 0.3 is 0 Å². The van der Waals surface area contributed by atoms with Crippen molar-refractivity contribution in [1.82, 2.24) is 4.31 Å². The Morgan fingerprint density at radius 1 is 1.24 bits per heavy atom. The molecule has 0 amide bonds. The summed E-state index contributed by atoms with van der Waals surface area (Å²) in [5.41, 5.74) is 1.78. The van der Waals surface area contributed by atoms with Crippen LogP contribution in [0.15, 0.2) is 23.1 Å². The first-order chi connectivity index (χ1) is 9.96. The summed E-state index contributed by atoms with van der Waals surface area (Å²) < 4.78 is 33.0. The number of nitrogens with zero attached hydrogens (tertiary/aromatic N) is 1. The van der Waals surface area contributed by atoms with Crippen molar-refractivity contribution >= 4 is 10.0 Å². The molecule has 3 rings (SSSR count). The van der Waals surface area contributed by atoms with E-state index in [1.165, 1.54) is 12.8 Å². The highest BCUT2D eigenvalue weighted by Gasteiger charge is 2.34. The van der Waals surface area contributed by atoms with E-state index in [4.69, 9.17) is 4.74 Å².